The topological polar surface area (TPSA) is 18.5 Å². The molecule has 0 radical (unpaired) electrons. The number of hydrogen-bond donors (Lipinski definition) is 2. The van der Waals surface area contributed by atoms with Crippen molar-refractivity contribution in [1.29, 1.82) is 0 Å². The van der Waals surface area contributed by atoms with Crippen LogP contribution in [0.4, 0.5) is 0 Å². The first-order valence-corrected chi connectivity index (χ1v) is 11.5. The molecule has 0 aromatic heterocycles. The standard InChI is InChI=1S/C20H22Br2O2S2/c21-13-3-5-15-16-6-4-14(22)12-18(16)20(24-8-2-10-26)19(17(15)11-13)23-7-1-9-25/h3-6,11-12,19-20,25-26H,1-2,7-10H2. The van der Waals surface area contributed by atoms with Gasteiger partial charge in [-0.2, -0.15) is 25.3 Å². The van der Waals surface area contributed by atoms with Gasteiger partial charge >= 0.3 is 0 Å². The van der Waals surface area contributed by atoms with Gasteiger partial charge in [-0.15, -0.1) is 0 Å². The van der Waals surface area contributed by atoms with E-state index >= 15 is 0 Å². The lowest BCUT2D eigenvalue weighted by atomic mass is 9.82. The lowest BCUT2D eigenvalue weighted by molar-refractivity contribution is -0.0787. The van der Waals surface area contributed by atoms with Crippen molar-refractivity contribution in [3.8, 4) is 11.1 Å². The first kappa shape index (κ1) is 20.7. The maximum Gasteiger partial charge on any atom is 0.113 e. The normalized spacial score (nSPS) is 18.5. The second-order valence-electron chi connectivity index (χ2n) is 6.20. The third-order valence-electron chi connectivity index (χ3n) is 4.41. The van der Waals surface area contributed by atoms with Gasteiger partial charge in [0.05, 0.1) is 0 Å². The minimum absolute atomic E-state index is 0.135. The zero-order valence-corrected chi connectivity index (χ0v) is 19.3. The van der Waals surface area contributed by atoms with Crippen LogP contribution in [-0.4, -0.2) is 24.7 Å². The fourth-order valence-electron chi connectivity index (χ4n) is 3.26. The fraction of sp³-hybridized carbons (Fsp3) is 0.400. The summed E-state index contributed by atoms with van der Waals surface area (Å²) < 4.78 is 14.7. The number of halogens is 2. The largest absolute Gasteiger partial charge is 0.370 e. The van der Waals surface area contributed by atoms with Crippen LogP contribution in [0.15, 0.2) is 45.3 Å². The maximum absolute atomic E-state index is 6.32. The molecule has 2 aromatic carbocycles. The average molecular weight is 518 g/mol. The number of ether oxygens (including phenoxy) is 2. The van der Waals surface area contributed by atoms with Crippen LogP contribution < -0.4 is 0 Å². The van der Waals surface area contributed by atoms with Crippen LogP contribution in [0.25, 0.3) is 11.1 Å². The van der Waals surface area contributed by atoms with E-state index in [1.54, 1.807) is 0 Å². The molecule has 0 saturated carbocycles. The number of rotatable bonds is 8. The summed E-state index contributed by atoms with van der Waals surface area (Å²) in [6, 6.07) is 12.8. The van der Waals surface area contributed by atoms with Crippen LogP contribution in [0.1, 0.15) is 36.2 Å². The Morgan fingerprint density at radius 3 is 1.54 bits per heavy atom. The third-order valence-corrected chi connectivity index (χ3v) is 6.02. The van der Waals surface area contributed by atoms with E-state index in [2.05, 4.69) is 93.5 Å². The maximum atomic E-state index is 6.32. The highest BCUT2D eigenvalue weighted by Crippen LogP contribution is 2.49. The van der Waals surface area contributed by atoms with E-state index in [-0.39, 0.29) is 12.2 Å². The minimum Gasteiger partial charge on any atom is -0.370 e. The van der Waals surface area contributed by atoms with Crippen LogP contribution in [0.2, 0.25) is 0 Å². The molecule has 3 rings (SSSR count). The summed E-state index contributed by atoms with van der Waals surface area (Å²) >= 11 is 15.8. The molecule has 0 fully saturated rings. The SMILES string of the molecule is SCCCOC1c2cc(Br)ccc2-c2ccc(Br)cc2C1OCCCS. The molecule has 0 aliphatic heterocycles. The van der Waals surface area contributed by atoms with Gasteiger partial charge in [-0.05, 0) is 70.9 Å². The first-order chi connectivity index (χ1) is 12.7. The Labute approximate surface area is 183 Å². The second kappa shape index (κ2) is 9.99. The van der Waals surface area contributed by atoms with Crippen molar-refractivity contribution in [3.63, 3.8) is 0 Å². The summed E-state index contributed by atoms with van der Waals surface area (Å²) in [6.07, 6.45) is 1.56. The van der Waals surface area contributed by atoms with Gasteiger partial charge in [0, 0.05) is 22.2 Å². The van der Waals surface area contributed by atoms with Crippen LogP contribution in [-0.2, 0) is 9.47 Å². The Hall–Kier alpha value is 0.0200. The highest BCUT2D eigenvalue weighted by Gasteiger charge is 2.35. The van der Waals surface area contributed by atoms with E-state index in [0.29, 0.717) is 13.2 Å². The van der Waals surface area contributed by atoms with Crippen molar-refractivity contribution in [2.24, 2.45) is 0 Å². The Kier molecular flexibility index (Phi) is 7.97. The Bertz CT molecular complexity index is 691. The summed E-state index contributed by atoms with van der Waals surface area (Å²) in [6.45, 7) is 1.33. The Morgan fingerprint density at radius 2 is 1.15 bits per heavy atom. The Balaban J connectivity index is 2.05. The molecule has 2 aromatic rings. The zero-order chi connectivity index (χ0) is 18.5. The molecular weight excluding hydrogens is 496 g/mol. The van der Waals surface area contributed by atoms with E-state index in [0.717, 1.165) is 33.3 Å². The predicted octanol–water partition coefficient (Wildman–Crippen LogP) is 6.65. The van der Waals surface area contributed by atoms with Gasteiger partial charge in [0.1, 0.15) is 12.2 Å². The van der Waals surface area contributed by atoms with Crippen LogP contribution in [0.3, 0.4) is 0 Å². The molecular formula is C20H22Br2O2S2. The van der Waals surface area contributed by atoms with E-state index in [1.165, 1.54) is 22.3 Å². The van der Waals surface area contributed by atoms with Crippen molar-refractivity contribution < 1.29 is 9.47 Å². The van der Waals surface area contributed by atoms with Gasteiger partial charge in [0.2, 0.25) is 0 Å². The van der Waals surface area contributed by atoms with Crippen LogP contribution in [0, 0.1) is 0 Å². The molecule has 26 heavy (non-hydrogen) atoms. The molecule has 1 aliphatic carbocycles. The van der Waals surface area contributed by atoms with E-state index < -0.39 is 0 Å². The molecule has 1 aliphatic rings. The average Bonchev–Trinajstić information content (AvgIpc) is 2.63. The van der Waals surface area contributed by atoms with Gasteiger partial charge in [0.15, 0.2) is 0 Å². The monoisotopic (exact) mass is 516 g/mol. The lowest BCUT2D eigenvalue weighted by Gasteiger charge is -2.35. The first-order valence-electron chi connectivity index (χ1n) is 8.70. The quantitative estimate of drug-likeness (QED) is 0.301. The smallest absolute Gasteiger partial charge is 0.113 e. The molecule has 2 unspecified atom stereocenters. The number of benzene rings is 2. The van der Waals surface area contributed by atoms with Gasteiger partial charge in [-0.25, -0.2) is 0 Å². The molecule has 0 spiro atoms. The highest BCUT2D eigenvalue weighted by molar-refractivity contribution is 9.10. The molecule has 0 N–H and O–H groups in total. The summed E-state index contributed by atoms with van der Waals surface area (Å²) in [4.78, 5) is 0. The number of hydrogen-bond acceptors (Lipinski definition) is 4. The van der Waals surface area contributed by atoms with E-state index in [9.17, 15) is 0 Å². The van der Waals surface area contributed by atoms with Crippen molar-refractivity contribution in [3.05, 3.63) is 56.5 Å². The summed E-state index contributed by atoms with van der Waals surface area (Å²) in [7, 11) is 0. The molecule has 0 heterocycles. The third kappa shape index (κ3) is 4.70. The summed E-state index contributed by atoms with van der Waals surface area (Å²) in [5.41, 5.74) is 4.76. The van der Waals surface area contributed by atoms with Crippen LogP contribution >= 0.6 is 57.1 Å². The number of fused-ring (bicyclic) bond motifs is 3. The molecule has 140 valence electrons. The highest BCUT2D eigenvalue weighted by atomic mass is 79.9. The molecule has 2 nitrogen and oxygen atoms in total. The van der Waals surface area contributed by atoms with Gasteiger partial charge < -0.3 is 9.47 Å². The lowest BCUT2D eigenvalue weighted by Crippen LogP contribution is -2.24. The molecule has 2 atom stereocenters. The van der Waals surface area contributed by atoms with Gasteiger partial charge in [-0.1, -0.05) is 44.0 Å². The van der Waals surface area contributed by atoms with Crippen molar-refractivity contribution >= 4 is 57.1 Å². The van der Waals surface area contributed by atoms with Crippen molar-refractivity contribution in [1.82, 2.24) is 0 Å². The summed E-state index contributed by atoms with van der Waals surface area (Å²) in [5.74, 6) is 1.62. The van der Waals surface area contributed by atoms with Crippen LogP contribution in [0.5, 0.6) is 0 Å². The van der Waals surface area contributed by atoms with Crippen molar-refractivity contribution in [2.45, 2.75) is 25.0 Å². The second-order valence-corrected chi connectivity index (χ2v) is 8.93. The minimum atomic E-state index is -0.135. The Morgan fingerprint density at radius 1 is 0.731 bits per heavy atom. The van der Waals surface area contributed by atoms with E-state index in [1.807, 2.05) is 0 Å². The summed E-state index contributed by atoms with van der Waals surface area (Å²) in [5, 5.41) is 0. The molecule has 0 bridgehead atoms. The van der Waals surface area contributed by atoms with Gasteiger partial charge in [-0.3, -0.25) is 0 Å². The molecule has 0 saturated heterocycles. The fourth-order valence-corrected chi connectivity index (χ4v) is 4.27. The van der Waals surface area contributed by atoms with Crippen molar-refractivity contribution in [2.75, 3.05) is 24.7 Å². The van der Waals surface area contributed by atoms with E-state index in [4.69, 9.17) is 9.47 Å². The zero-order valence-electron chi connectivity index (χ0n) is 14.3. The molecule has 0 amide bonds. The predicted molar refractivity (Wildman–Crippen MR) is 122 cm³/mol. The molecule has 6 heteroatoms. The number of thiol groups is 2. The van der Waals surface area contributed by atoms with Gasteiger partial charge in [0.25, 0.3) is 0 Å².